The predicted molar refractivity (Wildman–Crippen MR) is 58.9 cm³/mol. The fourth-order valence-corrected chi connectivity index (χ4v) is 2.61. The van der Waals surface area contributed by atoms with Crippen molar-refractivity contribution < 1.29 is 24.2 Å². The fraction of sp³-hybridized carbons (Fsp3) is 0.818. The van der Waals surface area contributed by atoms with Crippen LogP contribution in [0.15, 0.2) is 0 Å². The van der Waals surface area contributed by atoms with E-state index < -0.39 is 11.6 Å². The molecule has 7 heteroatoms. The standard InChI is InChI=1S/C11H16N2O5/c14-3-7-1-8(2-7)18-10(16)13-4-11(5-13)6-17-9(15)12-11/h7-8,14H,1-6H2,(H,12,15). The van der Waals surface area contributed by atoms with Crippen LogP contribution < -0.4 is 5.32 Å². The maximum atomic E-state index is 11.7. The van der Waals surface area contributed by atoms with Crippen molar-refractivity contribution in [2.45, 2.75) is 24.5 Å². The Morgan fingerprint density at radius 1 is 1.56 bits per heavy atom. The summed E-state index contributed by atoms with van der Waals surface area (Å²) in [5, 5.41) is 11.6. The van der Waals surface area contributed by atoms with Crippen molar-refractivity contribution in [2.75, 3.05) is 26.3 Å². The molecule has 3 fully saturated rings. The number of hydrogen-bond acceptors (Lipinski definition) is 5. The van der Waals surface area contributed by atoms with E-state index >= 15 is 0 Å². The van der Waals surface area contributed by atoms with Crippen LogP contribution in [0.4, 0.5) is 9.59 Å². The molecule has 0 aromatic heterocycles. The topological polar surface area (TPSA) is 88.1 Å². The Bertz CT molecular complexity index is 374. The van der Waals surface area contributed by atoms with Crippen LogP contribution in [0.5, 0.6) is 0 Å². The number of aliphatic hydroxyl groups excluding tert-OH is 1. The molecule has 2 saturated heterocycles. The summed E-state index contributed by atoms with van der Waals surface area (Å²) in [5.41, 5.74) is -0.399. The van der Waals surface area contributed by atoms with Gasteiger partial charge < -0.3 is 24.8 Å². The lowest BCUT2D eigenvalue weighted by atomic mass is 9.83. The van der Waals surface area contributed by atoms with Gasteiger partial charge in [0.1, 0.15) is 18.2 Å². The Balaban J connectivity index is 1.42. The number of aliphatic hydroxyl groups is 1. The first-order valence-electron chi connectivity index (χ1n) is 6.12. The molecule has 3 aliphatic rings. The molecule has 1 saturated carbocycles. The molecule has 2 heterocycles. The molecule has 0 aromatic carbocycles. The smallest absolute Gasteiger partial charge is 0.410 e. The van der Waals surface area contributed by atoms with Crippen LogP contribution in [-0.2, 0) is 9.47 Å². The zero-order valence-corrected chi connectivity index (χ0v) is 9.92. The third kappa shape index (κ3) is 1.88. The van der Waals surface area contributed by atoms with Crippen molar-refractivity contribution >= 4 is 12.2 Å². The van der Waals surface area contributed by atoms with Gasteiger partial charge in [0, 0.05) is 6.61 Å². The molecular weight excluding hydrogens is 240 g/mol. The van der Waals surface area contributed by atoms with Crippen LogP contribution in [0.2, 0.25) is 0 Å². The Hall–Kier alpha value is -1.50. The summed E-state index contributed by atoms with van der Waals surface area (Å²) < 4.78 is 10.1. The van der Waals surface area contributed by atoms with E-state index in [1.807, 2.05) is 0 Å². The number of ether oxygens (including phenoxy) is 2. The van der Waals surface area contributed by atoms with E-state index in [1.165, 1.54) is 0 Å². The summed E-state index contributed by atoms with van der Waals surface area (Å²) in [7, 11) is 0. The van der Waals surface area contributed by atoms with E-state index in [4.69, 9.17) is 14.6 Å². The molecule has 0 radical (unpaired) electrons. The number of nitrogens with zero attached hydrogens (tertiary/aromatic N) is 1. The number of nitrogens with one attached hydrogen (secondary N) is 1. The minimum absolute atomic E-state index is 0.0689. The second-order valence-corrected chi connectivity index (χ2v) is 5.36. The summed E-state index contributed by atoms with van der Waals surface area (Å²) in [4.78, 5) is 24.2. The largest absolute Gasteiger partial charge is 0.447 e. The molecular formula is C11H16N2O5. The average molecular weight is 256 g/mol. The Kier molecular flexibility index (Phi) is 2.58. The molecule has 18 heavy (non-hydrogen) atoms. The van der Waals surface area contributed by atoms with E-state index in [1.54, 1.807) is 4.90 Å². The molecule has 0 bridgehead atoms. The third-order valence-corrected chi connectivity index (χ3v) is 3.81. The molecule has 3 rings (SSSR count). The van der Waals surface area contributed by atoms with Crippen LogP contribution in [-0.4, -0.2) is 60.1 Å². The van der Waals surface area contributed by atoms with Gasteiger partial charge in [0.2, 0.25) is 0 Å². The Morgan fingerprint density at radius 2 is 2.28 bits per heavy atom. The molecule has 2 amide bonds. The van der Waals surface area contributed by atoms with Gasteiger partial charge in [-0.15, -0.1) is 0 Å². The number of cyclic esters (lactones) is 1. The lowest BCUT2D eigenvalue weighted by Crippen LogP contribution is -2.70. The van der Waals surface area contributed by atoms with E-state index in [-0.39, 0.29) is 24.7 Å². The summed E-state index contributed by atoms with van der Waals surface area (Å²) in [6, 6.07) is 0. The minimum atomic E-state index is -0.423. The van der Waals surface area contributed by atoms with Gasteiger partial charge in [-0.1, -0.05) is 0 Å². The minimum Gasteiger partial charge on any atom is -0.447 e. The number of hydrogen-bond donors (Lipinski definition) is 2. The van der Waals surface area contributed by atoms with Crippen molar-refractivity contribution in [2.24, 2.45) is 5.92 Å². The first-order valence-corrected chi connectivity index (χ1v) is 6.12. The van der Waals surface area contributed by atoms with Crippen molar-refractivity contribution in [1.29, 1.82) is 0 Å². The number of rotatable bonds is 2. The summed E-state index contributed by atoms with van der Waals surface area (Å²) in [6.07, 6.45) is 0.638. The predicted octanol–water partition coefficient (Wildman–Crippen LogP) is -0.312. The Morgan fingerprint density at radius 3 is 2.83 bits per heavy atom. The van der Waals surface area contributed by atoms with E-state index in [9.17, 15) is 9.59 Å². The first-order chi connectivity index (χ1) is 8.60. The number of likely N-dealkylation sites (tertiary alicyclic amines) is 1. The molecule has 100 valence electrons. The van der Waals surface area contributed by atoms with E-state index in [0.717, 1.165) is 12.8 Å². The SMILES string of the molecule is O=C1NC2(CO1)CN(C(=O)OC1CC(CO)C1)C2. The highest BCUT2D eigenvalue weighted by molar-refractivity contribution is 5.74. The van der Waals surface area contributed by atoms with Gasteiger partial charge in [-0.3, -0.25) is 0 Å². The number of carbonyl (C=O) groups excluding carboxylic acids is 2. The molecule has 0 aromatic rings. The molecule has 2 aliphatic heterocycles. The molecule has 1 aliphatic carbocycles. The number of alkyl carbamates (subject to hydrolysis) is 1. The van der Waals surface area contributed by atoms with Gasteiger partial charge in [0.25, 0.3) is 0 Å². The second-order valence-electron chi connectivity index (χ2n) is 5.36. The average Bonchev–Trinajstić information content (AvgIpc) is 2.63. The third-order valence-electron chi connectivity index (χ3n) is 3.81. The lowest BCUT2D eigenvalue weighted by molar-refractivity contribution is -0.0379. The molecule has 1 spiro atoms. The first kappa shape index (κ1) is 11.6. The molecule has 0 unspecified atom stereocenters. The van der Waals surface area contributed by atoms with E-state index in [0.29, 0.717) is 19.7 Å². The number of carbonyl (C=O) groups is 2. The van der Waals surface area contributed by atoms with Gasteiger partial charge in [-0.25, -0.2) is 9.59 Å². The lowest BCUT2D eigenvalue weighted by Gasteiger charge is -2.46. The quantitative estimate of drug-likeness (QED) is 0.707. The summed E-state index contributed by atoms with van der Waals surface area (Å²) in [5.74, 6) is 0.271. The highest BCUT2D eigenvalue weighted by atomic mass is 16.6. The number of amides is 2. The zero-order valence-electron chi connectivity index (χ0n) is 9.92. The zero-order chi connectivity index (χ0) is 12.8. The van der Waals surface area contributed by atoms with Gasteiger partial charge in [-0.2, -0.15) is 0 Å². The van der Waals surface area contributed by atoms with Crippen LogP contribution in [0.3, 0.4) is 0 Å². The maximum absolute atomic E-state index is 11.7. The summed E-state index contributed by atoms with van der Waals surface area (Å²) in [6.45, 7) is 1.34. The van der Waals surface area contributed by atoms with Crippen LogP contribution in [0.25, 0.3) is 0 Å². The normalized spacial score (nSPS) is 32.3. The second kappa shape index (κ2) is 4.01. The summed E-state index contributed by atoms with van der Waals surface area (Å²) >= 11 is 0. The van der Waals surface area contributed by atoms with E-state index in [2.05, 4.69) is 5.32 Å². The maximum Gasteiger partial charge on any atom is 0.410 e. The van der Waals surface area contributed by atoms with Crippen molar-refractivity contribution in [3.8, 4) is 0 Å². The highest BCUT2D eigenvalue weighted by Crippen LogP contribution is 2.32. The highest BCUT2D eigenvalue weighted by Gasteiger charge is 2.52. The fourth-order valence-electron chi connectivity index (χ4n) is 2.61. The van der Waals surface area contributed by atoms with Gasteiger partial charge >= 0.3 is 12.2 Å². The monoisotopic (exact) mass is 256 g/mol. The Labute approximate surface area is 104 Å². The van der Waals surface area contributed by atoms with Crippen LogP contribution >= 0.6 is 0 Å². The molecule has 0 atom stereocenters. The van der Waals surface area contributed by atoms with Crippen molar-refractivity contribution in [3.05, 3.63) is 0 Å². The molecule has 7 nitrogen and oxygen atoms in total. The van der Waals surface area contributed by atoms with Crippen molar-refractivity contribution in [3.63, 3.8) is 0 Å². The van der Waals surface area contributed by atoms with Gasteiger partial charge in [0.15, 0.2) is 0 Å². The van der Waals surface area contributed by atoms with Gasteiger partial charge in [0.05, 0.1) is 13.1 Å². The van der Waals surface area contributed by atoms with Crippen LogP contribution in [0.1, 0.15) is 12.8 Å². The molecule has 2 N–H and O–H groups in total. The van der Waals surface area contributed by atoms with Crippen molar-refractivity contribution in [1.82, 2.24) is 10.2 Å². The van der Waals surface area contributed by atoms with Gasteiger partial charge in [-0.05, 0) is 18.8 Å². The van der Waals surface area contributed by atoms with Crippen LogP contribution in [0, 0.1) is 5.92 Å².